The average Bonchev–Trinajstić information content (AvgIpc) is 2.52. The lowest BCUT2D eigenvalue weighted by Crippen LogP contribution is -2.75. The molecule has 2 N–H and O–H groups in total. The molecule has 1 aromatic carbocycles. The van der Waals surface area contributed by atoms with Crippen LogP contribution in [-0.2, 0) is 11.2 Å². The highest BCUT2D eigenvalue weighted by Crippen LogP contribution is 2.41. The fourth-order valence-corrected chi connectivity index (χ4v) is 2.05. The van der Waals surface area contributed by atoms with Crippen molar-refractivity contribution in [3.63, 3.8) is 0 Å². The minimum Gasteiger partial charge on any atom is -0.497 e. The van der Waals surface area contributed by atoms with Crippen LogP contribution in [0.1, 0.15) is 12.5 Å². The summed E-state index contributed by atoms with van der Waals surface area (Å²) in [5, 5.41) is 2.26. The Bertz CT molecular complexity index is 573. The maximum atomic E-state index is 13.2. The van der Waals surface area contributed by atoms with Gasteiger partial charge in [0.15, 0.2) is 0 Å². The summed E-state index contributed by atoms with van der Waals surface area (Å²) in [5.74, 6) is 0.491. The number of benzene rings is 1. The minimum atomic E-state index is -5.85. The summed E-state index contributed by atoms with van der Waals surface area (Å²) in [6.07, 6.45) is -13.7. The predicted octanol–water partition coefficient (Wildman–Crippen LogP) is 3.39. The van der Waals surface area contributed by atoms with Gasteiger partial charge >= 0.3 is 18.4 Å². The second kappa shape index (κ2) is 8.47. The van der Waals surface area contributed by atoms with Gasteiger partial charge < -0.3 is 9.47 Å². The number of alkyl halides is 6. The highest BCUT2D eigenvalue weighted by atomic mass is 19.4. The van der Waals surface area contributed by atoms with Crippen LogP contribution in [0, 0.1) is 0 Å². The first-order valence-electron chi connectivity index (χ1n) is 7.43. The Labute approximate surface area is 145 Å². The van der Waals surface area contributed by atoms with Crippen LogP contribution in [0.25, 0.3) is 0 Å². The quantitative estimate of drug-likeness (QED) is 0.555. The molecule has 0 aliphatic rings. The number of hydrogen-bond acceptors (Lipinski definition) is 4. The second-order valence-electron chi connectivity index (χ2n) is 5.12. The maximum Gasteiger partial charge on any atom is 0.434 e. The van der Waals surface area contributed by atoms with Crippen LogP contribution < -0.4 is 15.4 Å². The molecule has 0 saturated heterocycles. The van der Waals surface area contributed by atoms with E-state index in [1.54, 1.807) is 0 Å². The van der Waals surface area contributed by atoms with E-state index >= 15 is 0 Å². The summed E-state index contributed by atoms with van der Waals surface area (Å²) in [6.45, 7) is 0.154. The molecule has 0 aliphatic carbocycles. The third kappa shape index (κ3) is 5.16. The molecule has 0 aliphatic heterocycles. The molecule has 1 aromatic rings. The number of halogens is 6. The molecule has 0 fully saturated rings. The molecule has 0 unspecified atom stereocenters. The van der Waals surface area contributed by atoms with E-state index in [1.807, 2.05) is 0 Å². The van der Waals surface area contributed by atoms with E-state index in [9.17, 15) is 31.1 Å². The van der Waals surface area contributed by atoms with Gasteiger partial charge in [-0.15, -0.1) is 0 Å². The van der Waals surface area contributed by atoms with Crippen molar-refractivity contribution in [3.05, 3.63) is 29.8 Å². The molecule has 0 heterocycles. The zero-order valence-electron chi connectivity index (χ0n) is 13.9. The smallest absolute Gasteiger partial charge is 0.434 e. The first-order valence-corrected chi connectivity index (χ1v) is 7.43. The Hall–Kier alpha value is -2.17. The van der Waals surface area contributed by atoms with Gasteiger partial charge in [-0.05, 0) is 31.0 Å². The van der Waals surface area contributed by atoms with Crippen molar-refractivity contribution >= 4 is 6.09 Å². The SMILES string of the molecule is CCOC(=O)NC(NCCc1ccc(OC)cc1)(C(F)(F)F)C(F)(F)F. The monoisotopic (exact) mass is 388 g/mol. The largest absolute Gasteiger partial charge is 0.497 e. The van der Waals surface area contributed by atoms with E-state index in [0.717, 1.165) is 5.32 Å². The lowest BCUT2D eigenvalue weighted by atomic mass is 10.1. The van der Waals surface area contributed by atoms with Gasteiger partial charge in [0.2, 0.25) is 0 Å². The zero-order chi connectivity index (χ0) is 20.0. The van der Waals surface area contributed by atoms with Crippen LogP contribution in [0.5, 0.6) is 5.75 Å². The van der Waals surface area contributed by atoms with Gasteiger partial charge in [0.05, 0.1) is 13.7 Å². The number of carbonyl (C=O) groups excluding carboxylic acids is 1. The van der Waals surface area contributed by atoms with E-state index in [-0.39, 0.29) is 13.0 Å². The zero-order valence-corrected chi connectivity index (χ0v) is 13.9. The molecule has 0 radical (unpaired) electrons. The summed E-state index contributed by atoms with van der Waals surface area (Å²) < 4.78 is 88.4. The Balaban J connectivity index is 2.98. The van der Waals surface area contributed by atoms with Crippen molar-refractivity contribution in [2.45, 2.75) is 31.4 Å². The van der Waals surface area contributed by atoms with Crippen LogP contribution in [0.2, 0.25) is 0 Å². The number of hydrogen-bond donors (Lipinski definition) is 2. The van der Waals surface area contributed by atoms with Gasteiger partial charge in [-0.25, -0.2) is 4.79 Å². The molecule has 0 aromatic heterocycles. The van der Waals surface area contributed by atoms with Crippen LogP contribution in [-0.4, -0.2) is 44.4 Å². The first kappa shape index (κ1) is 21.9. The highest BCUT2D eigenvalue weighted by Gasteiger charge is 2.72. The van der Waals surface area contributed by atoms with Crippen LogP contribution in [0.4, 0.5) is 31.1 Å². The number of alkyl carbamates (subject to hydrolysis) is 1. The molecule has 0 atom stereocenters. The molecule has 26 heavy (non-hydrogen) atoms. The van der Waals surface area contributed by atoms with Crippen LogP contribution in [0.15, 0.2) is 24.3 Å². The molecule has 0 saturated carbocycles. The number of carbonyl (C=O) groups is 1. The standard InChI is InChI=1S/C15H18F6N2O3/c1-3-26-12(24)23-13(14(16,17)18,15(19,20)21)22-9-8-10-4-6-11(25-2)7-5-10/h4-7,22H,3,8-9H2,1-2H3,(H,23,24). The summed E-state index contributed by atoms with van der Waals surface area (Å²) in [4.78, 5) is 11.3. The summed E-state index contributed by atoms with van der Waals surface area (Å²) in [5.41, 5.74) is -4.15. The number of ether oxygens (including phenoxy) is 2. The van der Waals surface area contributed by atoms with Crippen molar-refractivity contribution in [2.75, 3.05) is 20.3 Å². The first-order chi connectivity index (χ1) is 12.0. The number of rotatable bonds is 7. The van der Waals surface area contributed by atoms with E-state index in [2.05, 4.69) is 4.74 Å². The Kier molecular flexibility index (Phi) is 7.13. The van der Waals surface area contributed by atoms with E-state index in [0.29, 0.717) is 11.3 Å². The number of methoxy groups -OCH3 is 1. The molecule has 1 amide bonds. The van der Waals surface area contributed by atoms with Crippen molar-refractivity contribution < 1.29 is 40.6 Å². The van der Waals surface area contributed by atoms with Gasteiger partial charge in [0, 0.05) is 6.54 Å². The van der Waals surface area contributed by atoms with E-state index < -0.39 is 30.7 Å². The summed E-state index contributed by atoms with van der Waals surface area (Å²) >= 11 is 0. The molecular weight excluding hydrogens is 370 g/mol. The van der Waals surface area contributed by atoms with Crippen molar-refractivity contribution in [3.8, 4) is 5.75 Å². The second-order valence-corrected chi connectivity index (χ2v) is 5.12. The number of nitrogens with one attached hydrogen (secondary N) is 2. The van der Waals surface area contributed by atoms with Crippen molar-refractivity contribution in [1.29, 1.82) is 0 Å². The predicted molar refractivity (Wildman–Crippen MR) is 79.7 cm³/mol. The lowest BCUT2D eigenvalue weighted by molar-refractivity contribution is -0.315. The third-order valence-corrected chi connectivity index (χ3v) is 3.38. The van der Waals surface area contributed by atoms with Gasteiger partial charge in [-0.2, -0.15) is 26.3 Å². The maximum absolute atomic E-state index is 13.2. The molecule has 0 spiro atoms. The van der Waals surface area contributed by atoms with E-state index in [4.69, 9.17) is 4.74 Å². The van der Waals surface area contributed by atoms with Crippen molar-refractivity contribution in [2.24, 2.45) is 0 Å². The fraction of sp³-hybridized carbons (Fsp3) is 0.533. The number of amides is 1. The van der Waals surface area contributed by atoms with Crippen LogP contribution in [0.3, 0.4) is 0 Å². The lowest BCUT2D eigenvalue weighted by Gasteiger charge is -2.38. The highest BCUT2D eigenvalue weighted by molar-refractivity contribution is 5.68. The topological polar surface area (TPSA) is 59.6 Å². The Morgan fingerprint density at radius 2 is 1.58 bits per heavy atom. The molecular formula is C15H18F6N2O3. The van der Waals surface area contributed by atoms with Crippen molar-refractivity contribution in [1.82, 2.24) is 10.6 Å². The minimum absolute atomic E-state index is 0.150. The average molecular weight is 388 g/mol. The van der Waals surface area contributed by atoms with Gasteiger partial charge in [-0.3, -0.25) is 10.6 Å². The Morgan fingerprint density at radius 1 is 1.04 bits per heavy atom. The molecule has 1 rings (SSSR count). The molecule has 11 heteroatoms. The normalized spacial score (nSPS) is 12.6. The molecule has 148 valence electrons. The Morgan fingerprint density at radius 3 is 2.00 bits per heavy atom. The van der Waals surface area contributed by atoms with Gasteiger partial charge in [0.25, 0.3) is 5.66 Å². The summed E-state index contributed by atoms with van der Waals surface area (Å²) in [7, 11) is 1.42. The summed E-state index contributed by atoms with van der Waals surface area (Å²) in [6, 6.07) is 6.05. The molecule has 5 nitrogen and oxygen atoms in total. The van der Waals surface area contributed by atoms with Gasteiger partial charge in [-0.1, -0.05) is 12.1 Å². The van der Waals surface area contributed by atoms with E-state index in [1.165, 1.54) is 43.6 Å². The molecule has 0 bridgehead atoms. The fourth-order valence-electron chi connectivity index (χ4n) is 2.05. The van der Waals surface area contributed by atoms with Crippen LogP contribution >= 0.6 is 0 Å². The third-order valence-electron chi connectivity index (χ3n) is 3.38. The van der Waals surface area contributed by atoms with Gasteiger partial charge in [0.1, 0.15) is 5.75 Å².